The summed E-state index contributed by atoms with van der Waals surface area (Å²) in [6.07, 6.45) is 0.0938. The number of carbonyl (C=O) groups is 1. The number of methoxy groups -OCH3 is 1. The van der Waals surface area contributed by atoms with Gasteiger partial charge in [0.1, 0.15) is 0 Å². The molecule has 0 saturated carbocycles. The van der Waals surface area contributed by atoms with Crippen LogP contribution in [0.2, 0.25) is 0 Å². The Morgan fingerprint density at radius 1 is 1.75 bits per heavy atom. The minimum absolute atomic E-state index is 0. The number of aliphatic hydroxyl groups is 1. The minimum Gasteiger partial charge on any atom is -0.469 e. The number of ether oxygens (including phenoxy) is 1. The summed E-state index contributed by atoms with van der Waals surface area (Å²) < 4.78 is 4.19. The van der Waals surface area contributed by atoms with Gasteiger partial charge in [-0.05, 0) is 0 Å². The molecule has 51 valence electrons. The predicted octanol–water partition coefficient (Wildman–Crippen LogP) is -0.461. The molecule has 0 atom stereocenters. The van der Waals surface area contributed by atoms with Crippen LogP contribution in [0.5, 0.6) is 0 Å². The van der Waals surface area contributed by atoms with E-state index in [0.29, 0.717) is 0 Å². The Bertz CT molecular complexity index is 64.3. The van der Waals surface area contributed by atoms with E-state index >= 15 is 0 Å². The number of hydrogen-bond donors (Lipinski definition) is 1. The first-order valence-electron chi connectivity index (χ1n) is 1.99. The van der Waals surface area contributed by atoms with Gasteiger partial charge in [-0.15, -0.1) is 0 Å². The number of aliphatic hydroxyl groups excluding tert-OH is 1. The smallest absolute Gasteiger partial charge is 0.307 e. The molecule has 4 heteroatoms. The zero-order chi connectivity index (χ0) is 5.70. The Morgan fingerprint density at radius 3 is 2.38 bits per heavy atom. The summed E-state index contributed by atoms with van der Waals surface area (Å²) in [4.78, 5) is 10.0. The summed E-state index contributed by atoms with van der Waals surface area (Å²) in [5, 5.41) is 8.07. The van der Waals surface area contributed by atoms with Gasteiger partial charge in [0.25, 0.3) is 0 Å². The van der Waals surface area contributed by atoms with Crippen molar-refractivity contribution in [2.75, 3.05) is 13.7 Å². The molecular weight excluding hydrogens is 199 g/mol. The molecule has 1 radical (unpaired) electrons. The minimum atomic E-state index is -0.373. The fraction of sp³-hybridized carbons (Fsp3) is 0.750. The van der Waals surface area contributed by atoms with Crippen molar-refractivity contribution in [3.05, 3.63) is 0 Å². The number of hydrogen-bond acceptors (Lipinski definition) is 3. The monoisotopic (exact) mass is 207 g/mol. The molecule has 0 rings (SSSR count). The van der Waals surface area contributed by atoms with E-state index in [2.05, 4.69) is 4.74 Å². The molecule has 0 heterocycles. The fourth-order valence-corrected chi connectivity index (χ4v) is 0.193. The average molecular weight is 207 g/mol. The average Bonchev–Trinajstić information content (AvgIpc) is 1.68. The first kappa shape index (κ1) is 10.9. The predicted molar refractivity (Wildman–Crippen MR) is 23.7 cm³/mol. The second kappa shape index (κ2) is 7.05. The van der Waals surface area contributed by atoms with Crippen molar-refractivity contribution >= 4 is 5.97 Å². The molecule has 0 amide bonds. The summed E-state index contributed by atoms with van der Waals surface area (Å²) in [7, 11) is 1.29. The number of esters is 1. The molecule has 0 aromatic rings. The first-order valence-corrected chi connectivity index (χ1v) is 1.99. The van der Waals surface area contributed by atoms with Crippen LogP contribution in [0, 0.1) is 0 Å². The molecule has 0 bridgehead atoms. The fourth-order valence-electron chi connectivity index (χ4n) is 0.193. The molecular formula is C4H8O3Rh. The third kappa shape index (κ3) is 6.05. The van der Waals surface area contributed by atoms with Gasteiger partial charge in [-0.25, -0.2) is 0 Å². The van der Waals surface area contributed by atoms with Gasteiger partial charge in [0.05, 0.1) is 20.1 Å². The molecule has 0 aromatic heterocycles. The molecule has 0 spiro atoms. The van der Waals surface area contributed by atoms with Gasteiger partial charge in [0.15, 0.2) is 0 Å². The van der Waals surface area contributed by atoms with Crippen LogP contribution in [0.15, 0.2) is 0 Å². The third-order valence-corrected chi connectivity index (χ3v) is 0.544. The van der Waals surface area contributed by atoms with E-state index in [4.69, 9.17) is 5.11 Å². The molecule has 0 aliphatic rings. The number of carbonyl (C=O) groups excluding carboxylic acids is 1. The maximum Gasteiger partial charge on any atom is 0.307 e. The molecule has 0 aliphatic heterocycles. The maximum atomic E-state index is 10.0. The van der Waals surface area contributed by atoms with Gasteiger partial charge in [-0.3, -0.25) is 4.79 Å². The van der Waals surface area contributed by atoms with Crippen LogP contribution in [0.25, 0.3) is 0 Å². The first-order chi connectivity index (χ1) is 3.31. The molecule has 0 aromatic carbocycles. The van der Waals surface area contributed by atoms with Crippen LogP contribution in [-0.4, -0.2) is 24.8 Å². The molecule has 0 unspecified atom stereocenters. The second-order valence-corrected chi connectivity index (χ2v) is 1.05. The summed E-state index contributed by atoms with van der Waals surface area (Å²) >= 11 is 0. The van der Waals surface area contributed by atoms with Crippen LogP contribution < -0.4 is 0 Å². The van der Waals surface area contributed by atoms with Crippen molar-refractivity contribution in [1.29, 1.82) is 0 Å². The van der Waals surface area contributed by atoms with E-state index in [9.17, 15) is 4.79 Å². The summed E-state index contributed by atoms with van der Waals surface area (Å²) in [5.74, 6) is -0.373. The zero-order valence-electron chi connectivity index (χ0n) is 4.51. The molecule has 0 aliphatic carbocycles. The van der Waals surface area contributed by atoms with Crippen molar-refractivity contribution < 1.29 is 34.1 Å². The van der Waals surface area contributed by atoms with Crippen molar-refractivity contribution in [2.45, 2.75) is 6.42 Å². The Balaban J connectivity index is 0. The van der Waals surface area contributed by atoms with Crippen molar-refractivity contribution in [2.24, 2.45) is 0 Å². The quantitative estimate of drug-likeness (QED) is 0.492. The van der Waals surface area contributed by atoms with E-state index in [-0.39, 0.29) is 38.5 Å². The van der Waals surface area contributed by atoms with Gasteiger partial charge in [0, 0.05) is 19.5 Å². The second-order valence-electron chi connectivity index (χ2n) is 1.05. The van der Waals surface area contributed by atoms with Gasteiger partial charge in [-0.2, -0.15) is 0 Å². The standard InChI is InChI=1S/C4H8O3.Rh/c1-7-4(6)2-3-5;/h5H,2-3H2,1H3;. The summed E-state index contributed by atoms with van der Waals surface area (Å²) in [6.45, 7) is -0.132. The van der Waals surface area contributed by atoms with E-state index in [1.54, 1.807) is 0 Å². The molecule has 1 N–H and O–H groups in total. The molecule has 0 fully saturated rings. The SMILES string of the molecule is COC(=O)CCO.[Rh]. The van der Waals surface area contributed by atoms with Crippen molar-refractivity contribution in [1.82, 2.24) is 0 Å². The normalized spacial score (nSPS) is 7.25. The van der Waals surface area contributed by atoms with Crippen LogP contribution in [-0.2, 0) is 29.0 Å². The molecule has 8 heavy (non-hydrogen) atoms. The number of rotatable bonds is 2. The van der Waals surface area contributed by atoms with Crippen LogP contribution in [0.3, 0.4) is 0 Å². The van der Waals surface area contributed by atoms with Crippen molar-refractivity contribution in [3.63, 3.8) is 0 Å². The van der Waals surface area contributed by atoms with Gasteiger partial charge < -0.3 is 9.84 Å². The summed E-state index contributed by atoms with van der Waals surface area (Å²) in [5.41, 5.74) is 0. The third-order valence-electron chi connectivity index (χ3n) is 0.544. The van der Waals surface area contributed by atoms with Crippen LogP contribution >= 0.6 is 0 Å². The van der Waals surface area contributed by atoms with Gasteiger partial charge >= 0.3 is 5.97 Å². The Hall–Kier alpha value is 0.0534. The van der Waals surface area contributed by atoms with E-state index in [1.807, 2.05) is 0 Å². The Morgan fingerprint density at radius 2 is 2.25 bits per heavy atom. The Labute approximate surface area is 60.8 Å². The maximum absolute atomic E-state index is 10.0. The topological polar surface area (TPSA) is 46.5 Å². The van der Waals surface area contributed by atoms with Crippen molar-refractivity contribution in [3.8, 4) is 0 Å². The van der Waals surface area contributed by atoms with Gasteiger partial charge in [-0.1, -0.05) is 0 Å². The molecule has 0 saturated heterocycles. The van der Waals surface area contributed by atoms with Crippen LogP contribution in [0.4, 0.5) is 0 Å². The van der Waals surface area contributed by atoms with E-state index in [0.717, 1.165) is 0 Å². The Kier molecular flexibility index (Phi) is 9.64. The zero-order valence-corrected chi connectivity index (χ0v) is 6.15. The largest absolute Gasteiger partial charge is 0.469 e. The van der Waals surface area contributed by atoms with E-state index < -0.39 is 0 Å². The van der Waals surface area contributed by atoms with Gasteiger partial charge in [0.2, 0.25) is 0 Å². The summed E-state index contributed by atoms with van der Waals surface area (Å²) in [6, 6.07) is 0. The molecule has 3 nitrogen and oxygen atoms in total. The van der Waals surface area contributed by atoms with Crippen LogP contribution in [0.1, 0.15) is 6.42 Å². The van der Waals surface area contributed by atoms with E-state index in [1.165, 1.54) is 7.11 Å².